The Bertz CT molecular complexity index is 1150. The van der Waals surface area contributed by atoms with Crippen LogP contribution < -0.4 is 14.8 Å². The van der Waals surface area contributed by atoms with Crippen molar-refractivity contribution in [1.82, 2.24) is 9.21 Å². The number of hydrogen-bond acceptors (Lipinski definition) is 5. The molecule has 0 unspecified atom stereocenters. The van der Waals surface area contributed by atoms with Crippen LogP contribution in [0.1, 0.15) is 30.4 Å². The number of anilines is 1. The number of nitrogens with zero attached hydrogens (tertiary/aromatic N) is 2. The second-order valence-electron chi connectivity index (χ2n) is 9.38. The number of methoxy groups -OCH3 is 2. The molecule has 0 amide bonds. The molecule has 2 aliphatic rings. The van der Waals surface area contributed by atoms with Crippen LogP contribution >= 0.6 is 12.2 Å². The molecular formula is C25H33N3O4S2. The number of thiocarbonyl (C=S) groups is 1. The molecule has 9 heteroatoms. The molecule has 2 heterocycles. The molecule has 0 aliphatic carbocycles. The van der Waals surface area contributed by atoms with Crippen LogP contribution in [0, 0.1) is 19.3 Å². The molecule has 34 heavy (non-hydrogen) atoms. The van der Waals surface area contributed by atoms with Crippen molar-refractivity contribution in [3.63, 3.8) is 0 Å². The Morgan fingerprint density at radius 2 is 1.59 bits per heavy atom. The molecule has 2 aromatic carbocycles. The van der Waals surface area contributed by atoms with Crippen LogP contribution in [0.15, 0.2) is 41.3 Å². The van der Waals surface area contributed by atoms with E-state index in [9.17, 15) is 8.42 Å². The van der Waals surface area contributed by atoms with Gasteiger partial charge in [0.2, 0.25) is 10.0 Å². The van der Waals surface area contributed by atoms with Crippen LogP contribution in [0.25, 0.3) is 0 Å². The van der Waals surface area contributed by atoms with Crippen molar-refractivity contribution in [2.75, 3.05) is 45.7 Å². The average Bonchev–Trinajstić information content (AvgIpc) is 3.24. The van der Waals surface area contributed by atoms with E-state index in [0.29, 0.717) is 34.6 Å². The van der Waals surface area contributed by atoms with Crippen LogP contribution in [0.3, 0.4) is 0 Å². The molecule has 0 aromatic heterocycles. The molecule has 0 bridgehead atoms. The second-order valence-corrected chi connectivity index (χ2v) is 11.7. The van der Waals surface area contributed by atoms with Crippen LogP contribution in [0.2, 0.25) is 0 Å². The van der Waals surface area contributed by atoms with Crippen molar-refractivity contribution < 1.29 is 17.9 Å². The Morgan fingerprint density at radius 1 is 0.971 bits per heavy atom. The summed E-state index contributed by atoms with van der Waals surface area (Å²) in [7, 11) is -0.249. The van der Waals surface area contributed by atoms with Crippen molar-refractivity contribution in [1.29, 1.82) is 0 Å². The first-order valence-electron chi connectivity index (χ1n) is 11.5. The van der Waals surface area contributed by atoms with E-state index in [-0.39, 0.29) is 5.41 Å². The van der Waals surface area contributed by atoms with Crippen LogP contribution in [-0.4, -0.2) is 63.1 Å². The monoisotopic (exact) mass is 503 g/mol. The Labute approximate surface area is 208 Å². The first-order chi connectivity index (χ1) is 16.2. The third kappa shape index (κ3) is 5.01. The van der Waals surface area contributed by atoms with Crippen molar-refractivity contribution in [3.05, 3.63) is 47.5 Å². The summed E-state index contributed by atoms with van der Waals surface area (Å²) in [5.74, 6) is 1.39. The summed E-state index contributed by atoms with van der Waals surface area (Å²) >= 11 is 5.71. The van der Waals surface area contributed by atoms with Crippen molar-refractivity contribution in [2.24, 2.45) is 5.41 Å². The van der Waals surface area contributed by atoms with E-state index in [0.717, 1.165) is 49.2 Å². The molecule has 2 fully saturated rings. The van der Waals surface area contributed by atoms with Gasteiger partial charge in [-0.1, -0.05) is 12.1 Å². The van der Waals surface area contributed by atoms with E-state index < -0.39 is 10.0 Å². The summed E-state index contributed by atoms with van der Waals surface area (Å²) < 4.78 is 39.0. The third-order valence-corrected chi connectivity index (χ3v) is 9.47. The van der Waals surface area contributed by atoms with Gasteiger partial charge in [0.05, 0.1) is 19.1 Å². The molecule has 7 nitrogen and oxygen atoms in total. The molecule has 184 valence electrons. The molecular weight excluding hydrogens is 470 g/mol. The minimum absolute atomic E-state index is 0.0888. The SMILES string of the molecule is COc1cc(NC(=S)N2CCC3(CCN(S(=O)(=O)c4cc(C)ccc4C)CC3)C2)cc(OC)c1. The normalized spacial score (nSPS) is 18.2. The highest BCUT2D eigenvalue weighted by Crippen LogP contribution is 2.42. The van der Waals surface area contributed by atoms with E-state index in [4.69, 9.17) is 21.7 Å². The zero-order valence-corrected chi connectivity index (χ0v) is 21.9. The summed E-state index contributed by atoms with van der Waals surface area (Å²) in [6.07, 6.45) is 2.68. The van der Waals surface area contributed by atoms with Gasteiger partial charge < -0.3 is 19.7 Å². The number of benzene rings is 2. The summed E-state index contributed by atoms with van der Waals surface area (Å²) in [6.45, 7) is 6.55. The van der Waals surface area contributed by atoms with Gasteiger partial charge in [0.15, 0.2) is 5.11 Å². The summed E-state index contributed by atoms with van der Waals surface area (Å²) in [6, 6.07) is 11.2. The topological polar surface area (TPSA) is 71.1 Å². The highest BCUT2D eigenvalue weighted by atomic mass is 32.2. The van der Waals surface area contributed by atoms with Crippen LogP contribution in [0.5, 0.6) is 11.5 Å². The lowest BCUT2D eigenvalue weighted by Gasteiger charge is -2.39. The quantitative estimate of drug-likeness (QED) is 0.614. The first-order valence-corrected chi connectivity index (χ1v) is 13.4. The number of aryl methyl sites for hydroxylation is 2. The fourth-order valence-corrected chi connectivity index (χ4v) is 6.95. The van der Waals surface area contributed by atoms with E-state index in [1.165, 1.54) is 0 Å². The number of rotatable bonds is 5. The zero-order valence-electron chi connectivity index (χ0n) is 20.3. The molecule has 1 spiro atoms. The molecule has 0 radical (unpaired) electrons. The highest BCUT2D eigenvalue weighted by Gasteiger charge is 2.43. The first kappa shape index (κ1) is 24.8. The third-order valence-electron chi connectivity index (χ3n) is 7.07. The van der Waals surface area contributed by atoms with Gasteiger partial charge in [-0.15, -0.1) is 0 Å². The van der Waals surface area contributed by atoms with Gasteiger partial charge in [0, 0.05) is 50.1 Å². The molecule has 4 rings (SSSR count). The van der Waals surface area contributed by atoms with Gasteiger partial charge in [-0.3, -0.25) is 0 Å². The van der Waals surface area contributed by atoms with Gasteiger partial charge in [-0.05, 0) is 67.9 Å². The van der Waals surface area contributed by atoms with Crippen molar-refractivity contribution in [2.45, 2.75) is 38.0 Å². The van der Waals surface area contributed by atoms with Gasteiger partial charge in [0.1, 0.15) is 11.5 Å². The lowest BCUT2D eigenvalue weighted by atomic mass is 9.78. The van der Waals surface area contributed by atoms with Crippen molar-refractivity contribution >= 4 is 33.0 Å². The second kappa shape index (κ2) is 9.71. The predicted octanol–water partition coefficient (Wildman–Crippen LogP) is 4.19. The predicted molar refractivity (Wildman–Crippen MR) is 138 cm³/mol. The fraction of sp³-hybridized carbons (Fsp3) is 0.480. The Morgan fingerprint density at radius 3 is 2.21 bits per heavy atom. The number of likely N-dealkylation sites (tertiary alicyclic amines) is 1. The van der Waals surface area contributed by atoms with Crippen molar-refractivity contribution in [3.8, 4) is 11.5 Å². The molecule has 1 N–H and O–H groups in total. The smallest absolute Gasteiger partial charge is 0.243 e. The maximum absolute atomic E-state index is 13.3. The van der Waals surface area contributed by atoms with E-state index in [2.05, 4.69) is 10.2 Å². The maximum atomic E-state index is 13.3. The lowest BCUT2D eigenvalue weighted by Crippen LogP contribution is -2.45. The Balaban J connectivity index is 1.39. The minimum atomic E-state index is -3.49. The van der Waals surface area contributed by atoms with Gasteiger partial charge in [-0.2, -0.15) is 4.31 Å². The van der Waals surface area contributed by atoms with Gasteiger partial charge in [-0.25, -0.2) is 8.42 Å². The molecule has 2 aromatic rings. The molecule has 0 atom stereocenters. The summed E-state index contributed by atoms with van der Waals surface area (Å²) in [4.78, 5) is 2.62. The van der Waals surface area contributed by atoms with Gasteiger partial charge >= 0.3 is 0 Å². The summed E-state index contributed by atoms with van der Waals surface area (Å²) in [5.41, 5.74) is 2.66. The standard InChI is InChI=1S/C25H33N3O4S2/c1-18-5-6-19(2)23(13-18)34(29,30)28-11-8-25(9-12-28)7-10-27(17-25)24(33)26-20-14-21(31-3)16-22(15-20)32-4/h5-6,13-16H,7-12,17H2,1-4H3,(H,26,33). The molecule has 2 aliphatic heterocycles. The highest BCUT2D eigenvalue weighted by molar-refractivity contribution is 7.89. The largest absolute Gasteiger partial charge is 0.497 e. The summed E-state index contributed by atoms with van der Waals surface area (Å²) in [5, 5.41) is 3.98. The number of ether oxygens (including phenoxy) is 2. The fourth-order valence-electron chi connectivity index (χ4n) is 4.92. The number of nitrogens with one attached hydrogen (secondary N) is 1. The maximum Gasteiger partial charge on any atom is 0.243 e. The molecule has 2 saturated heterocycles. The number of piperidine rings is 1. The van der Waals surface area contributed by atoms with E-state index >= 15 is 0 Å². The zero-order chi connectivity index (χ0) is 24.5. The van der Waals surface area contributed by atoms with E-state index in [1.54, 1.807) is 24.6 Å². The van der Waals surface area contributed by atoms with Crippen LogP contribution in [0.4, 0.5) is 5.69 Å². The number of sulfonamides is 1. The Kier molecular flexibility index (Phi) is 7.07. The van der Waals surface area contributed by atoms with Gasteiger partial charge in [0.25, 0.3) is 0 Å². The Hall–Kier alpha value is -2.36. The number of hydrogen-bond donors (Lipinski definition) is 1. The van der Waals surface area contributed by atoms with E-state index in [1.807, 2.05) is 44.2 Å². The van der Waals surface area contributed by atoms with Crippen LogP contribution in [-0.2, 0) is 10.0 Å². The minimum Gasteiger partial charge on any atom is -0.497 e. The molecule has 0 saturated carbocycles. The lowest BCUT2D eigenvalue weighted by molar-refractivity contribution is 0.167. The average molecular weight is 504 g/mol.